The fourth-order valence-electron chi connectivity index (χ4n) is 2.54. The Labute approximate surface area is 162 Å². The van der Waals surface area contributed by atoms with Crippen LogP contribution in [0.3, 0.4) is 0 Å². The summed E-state index contributed by atoms with van der Waals surface area (Å²) in [6, 6.07) is 9.10. The number of carbonyl (C=O) groups excluding carboxylic acids is 2. The number of carboxylic acid groups (broad SMARTS) is 1. The second-order valence-corrected chi connectivity index (χ2v) is 6.83. The predicted octanol–water partition coefficient (Wildman–Crippen LogP) is 3.76. The number of benzene rings is 1. The van der Waals surface area contributed by atoms with E-state index in [1.807, 2.05) is 0 Å². The summed E-state index contributed by atoms with van der Waals surface area (Å²) in [5, 5.41) is 18.9. The molecule has 0 saturated carbocycles. The highest BCUT2D eigenvalue weighted by Gasteiger charge is 2.34. The molecule has 144 valence electrons. The number of imide groups is 1. The van der Waals surface area contributed by atoms with Crippen molar-refractivity contribution in [1.29, 1.82) is 0 Å². The predicted molar refractivity (Wildman–Crippen MR) is 100 cm³/mol. The summed E-state index contributed by atoms with van der Waals surface area (Å²) >= 11 is 0.762. The molecule has 28 heavy (non-hydrogen) atoms. The van der Waals surface area contributed by atoms with Crippen LogP contribution < -0.4 is 0 Å². The summed E-state index contributed by atoms with van der Waals surface area (Å²) in [6.07, 6.45) is 1.50. The molecule has 2 heterocycles. The number of amides is 2. The Morgan fingerprint density at radius 3 is 2.57 bits per heavy atom. The minimum Gasteiger partial charge on any atom is -0.481 e. The molecule has 0 bridgehead atoms. The van der Waals surface area contributed by atoms with Gasteiger partial charge in [0, 0.05) is 36.7 Å². The number of non-ortho nitro benzene ring substituents is 1. The van der Waals surface area contributed by atoms with E-state index in [4.69, 9.17) is 9.52 Å². The van der Waals surface area contributed by atoms with Gasteiger partial charge in [-0.15, -0.1) is 0 Å². The zero-order valence-corrected chi connectivity index (χ0v) is 15.2. The Kier molecular flexibility index (Phi) is 5.59. The van der Waals surface area contributed by atoms with Crippen LogP contribution in [0.15, 0.2) is 45.7 Å². The number of hydrogen-bond acceptors (Lipinski definition) is 7. The lowest BCUT2D eigenvalue weighted by Crippen LogP contribution is -2.29. The molecule has 10 heteroatoms. The second kappa shape index (κ2) is 8.09. The number of nitro benzene ring substituents is 1. The number of nitro groups is 1. The molecule has 1 fully saturated rings. The number of aliphatic carboxylic acids is 1. The lowest BCUT2D eigenvalue weighted by molar-refractivity contribution is -0.384. The van der Waals surface area contributed by atoms with Gasteiger partial charge >= 0.3 is 5.97 Å². The third-order valence-electron chi connectivity index (χ3n) is 3.91. The molecule has 0 aliphatic carbocycles. The maximum atomic E-state index is 12.3. The van der Waals surface area contributed by atoms with Crippen molar-refractivity contribution in [2.24, 2.45) is 0 Å². The molecular formula is C18H14N2O7S. The van der Waals surface area contributed by atoms with Crippen LogP contribution in [-0.2, 0) is 9.59 Å². The van der Waals surface area contributed by atoms with E-state index in [-0.39, 0.29) is 30.0 Å². The smallest absolute Gasteiger partial charge is 0.303 e. The van der Waals surface area contributed by atoms with Crippen molar-refractivity contribution in [1.82, 2.24) is 4.90 Å². The minimum absolute atomic E-state index is 0.0351. The largest absolute Gasteiger partial charge is 0.481 e. The number of hydrogen-bond donors (Lipinski definition) is 1. The van der Waals surface area contributed by atoms with Crippen LogP contribution in [0.4, 0.5) is 10.5 Å². The van der Waals surface area contributed by atoms with Gasteiger partial charge in [0.2, 0.25) is 0 Å². The Bertz CT molecular complexity index is 978. The van der Waals surface area contributed by atoms with Crippen LogP contribution in [0.5, 0.6) is 0 Å². The van der Waals surface area contributed by atoms with Gasteiger partial charge in [-0.25, -0.2) is 0 Å². The van der Waals surface area contributed by atoms with E-state index in [1.165, 1.54) is 18.2 Å². The molecule has 2 amide bonds. The third kappa shape index (κ3) is 4.29. The summed E-state index contributed by atoms with van der Waals surface area (Å²) < 4.78 is 5.64. The Morgan fingerprint density at radius 1 is 1.21 bits per heavy atom. The number of carbonyl (C=O) groups is 3. The lowest BCUT2D eigenvalue weighted by atomic mass is 10.1. The zero-order valence-electron chi connectivity index (χ0n) is 14.4. The maximum Gasteiger partial charge on any atom is 0.303 e. The van der Waals surface area contributed by atoms with Gasteiger partial charge in [0.1, 0.15) is 11.5 Å². The van der Waals surface area contributed by atoms with Gasteiger partial charge < -0.3 is 9.52 Å². The van der Waals surface area contributed by atoms with Crippen LogP contribution in [0.2, 0.25) is 0 Å². The zero-order chi connectivity index (χ0) is 20.3. The number of nitrogens with zero attached hydrogens (tertiary/aromatic N) is 2. The highest BCUT2D eigenvalue weighted by atomic mass is 32.2. The average molecular weight is 402 g/mol. The van der Waals surface area contributed by atoms with Crippen molar-refractivity contribution in [3.63, 3.8) is 0 Å². The molecule has 2 aromatic rings. The van der Waals surface area contributed by atoms with Crippen molar-refractivity contribution < 1.29 is 28.8 Å². The average Bonchev–Trinajstić information content (AvgIpc) is 3.22. The monoisotopic (exact) mass is 402 g/mol. The van der Waals surface area contributed by atoms with Crippen molar-refractivity contribution in [2.75, 3.05) is 6.54 Å². The first-order valence-corrected chi connectivity index (χ1v) is 8.98. The van der Waals surface area contributed by atoms with E-state index in [1.54, 1.807) is 24.3 Å². The molecular weight excluding hydrogens is 388 g/mol. The molecule has 1 N–H and O–H groups in total. The number of rotatable bonds is 7. The molecule has 9 nitrogen and oxygen atoms in total. The standard InChI is InChI=1S/C18H14N2O7S/c21-16(22)2-1-9-19-17(23)15(28-18(19)24)10-13-7-8-14(27-13)11-3-5-12(6-4-11)20(25)26/h3-8,10H,1-2,9H2,(H,21,22)/b15-10+. The van der Waals surface area contributed by atoms with E-state index in [2.05, 4.69) is 0 Å². The van der Waals surface area contributed by atoms with Gasteiger partial charge in [0.05, 0.1) is 9.83 Å². The van der Waals surface area contributed by atoms with E-state index in [9.17, 15) is 24.5 Å². The van der Waals surface area contributed by atoms with E-state index in [0.29, 0.717) is 17.1 Å². The fourth-order valence-corrected chi connectivity index (χ4v) is 3.39. The van der Waals surface area contributed by atoms with E-state index < -0.39 is 22.0 Å². The molecule has 1 aromatic heterocycles. The normalized spacial score (nSPS) is 15.4. The highest BCUT2D eigenvalue weighted by Crippen LogP contribution is 2.33. The maximum absolute atomic E-state index is 12.3. The number of carboxylic acids is 1. The molecule has 0 unspecified atom stereocenters. The fraction of sp³-hybridized carbons (Fsp3) is 0.167. The summed E-state index contributed by atoms with van der Waals surface area (Å²) in [5.74, 6) is -0.670. The van der Waals surface area contributed by atoms with Crippen molar-refractivity contribution in [3.8, 4) is 11.3 Å². The molecule has 1 aliphatic rings. The Morgan fingerprint density at radius 2 is 1.93 bits per heavy atom. The first-order valence-electron chi connectivity index (χ1n) is 8.17. The van der Waals surface area contributed by atoms with E-state index in [0.717, 1.165) is 16.7 Å². The Hall–Kier alpha value is -3.40. The molecule has 1 saturated heterocycles. The molecule has 1 aliphatic heterocycles. The molecule has 0 radical (unpaired) electrons. The van der Waals surface area contributed by atoms with Crippen LogP contribution in [0.1, 0.15) is 18.6 Å². The molecule has 0 atom stereocenters. The number of furan rings is 1. The summed E-state index contributed by atoms with van der Waals surface area (Å²) in [5.41, 5.74) is 0.596. The Balaban J connectivity index is 1.72. The number of thioether (sulfide) groups is 1. The van der Waals surface area contributed by atoms with Gasteiger partial charge in [-0.05, 0) is 42.4 Å². The molecule has 1 aromatic carbocycles. The highest BCUT2D eigenvalue weighted by molar-refractivity contribution is 8.18. The topological polar surface area (TPSA) is 131 Å². The first-order chi connectivity index (χ1) is 13.3. The second-order valence-electron chi connectivity index (χ2n) is 5.84. The van der Waals surface area contributed by atoms with E-state index >= 15 is 0 Å². The van der Waals surface area contributed by atoms with Crippen LogP contribution in [0, 0.1) is 10.1 Å². The quantitative estimate of drug-likeness (QED) is 0.421. The summed E-state index contributed by atoms with van der Waals surface area (Å²) in [6.45, 7) is 0.0422. The van der Waals surface area contributed by atoms with Gasteiger partial charge in [-0.1, -0.05) is 0 Å². The van der Waals surface area contributed by atoms with Crippen LogP contribution >= 0.6 is 11.8 Å². The first kappa shape index (κ1) is 19.4. The van der Waals surface area contributed by atoms with Crippen LogP contribution in [0.25, 0.3) is 17.4 Å². The summed E-state index contributed by atoms with van der Waals surface area (Å²) in [4.78, 5) is 46.3. The van der Waals surface area contributed by atoms with Crippen molar-refractivity contribution in [2.45, 2.75) is 12.8 Å². The molecule has 3 rings (SSSR count). The molecule has 0 spiro atoms. The van der Waals surface area contributed by atoms with Gasteiger partial charge in [0.25, 0.3) is 16.8 Å². The SMILES string of the molecule is O=C(O)CCCN1C(=O)S/C(=C/c2ccc(-c3ccc([N+](=O)[O-])cc3)o2)C1=O. The lowest BCUT2D eigenvalue weighted by Gasteiger charge is -2.10. The van der Waals surface area contributed by atoms with Crippen molar-refractivity contribution in [3.05, 3.63) is 57.2 Å². The van der Waals surface area contributed by atoms with Gasteiger partial charge in [0.15, 0.2) is 0 Å². The van der Waals surface area contributed by atoms with Gasteiger partial charge in [-0.2, -0.15) is 0 Å². The summed E-state index contributed by atoms with van der Waals surface area (Å²) in [7, 11) is 0. The van der Waals surface area contributed by atoms with Crippen molar-refractivity contribution >= 4 is 40.6 Å². The van der Waals surface area contributed by atoms with Gasteiger partial charge in [-0.3, -0.25) is 29.4 Å². The minimum atomic E-state index is -0.989. The third-order valence-corrected chi connectivity index (χ3v) is 4.82. The van der Waals surface area contributed by atoms with Crippen LogP contribution in [-0.4, -0.2) is 38.6 Å².